The van der Waals surface area contributed by atoms with Crippen LogP contribution in [0.4, 0.5) is 5.82 Å². The highest BCUT2D eigenvalue weighted by molar-refractivity contribution is 7.89. The van der Waals surface area contributed by atoms with Gasteiger partial charge in [0.15, 0.2) is 5.82 Å². The van der Waals surface area contributed by atoms with Crippen molar-refractivity contribution >= 4 is 21.7 Å². The highest BCUT2D eigenvalue weighted by Crippen LogP contribution is 2.22. The number of aromatic nitrogens is 2. The second-order valence-electron chi connectivity index (χ2n) is 8.56. The topological polar surface area (TPSA) is 86.7 Å². The molecule has 9 heteroatoms. The second kappa shape index (κ2) is 9.52. The van der Waals surface area contributed by atoms with Gasteiger partial charge in [-0.1, -0.05) is 30.3 Å². The second-order valence-corrected chi connectivity index (χ2v) is 10.5. The van der Waals surface area contributed by atoms with Gasteiger partial charge in [0.05, 0.1) is 10.6 Å². The van der Waals surface area contributed by atoms with E-state index in [2.05, 4.69) is 15.1 Å². The molecule has 34 heavy (non-hydrogen) atoms. The van der Waals surface area contributed by atoms with E-state index in [1.54, 1.807) is 29.2 Å². The SMILES string of the molecule is O=C(c1ccc(S(=O)(=O)N2CCCC2)cc1)N1CCN(c2ccc(-c3ccccc3)nn2)CC1. The van der Waals surface area contributed by atoms with Crippen LogP contribution in [-0.2, 0) is 10.0 Å². The monoisotopic (exact) mass is 477 g/mol. The molecule has 1 aromatic heterocycles. The fraction of sp³-hybridized carbons (Fsp3) is 0.320. The van der Waals surface area contributed by atoms with Crippen LogP contribution in [0.5, 0.6) is 0 Å². The van der Waals surface area contributed by atoms with Gasteiger partial charge in [-0.3, -0.25) is 4.79 Å². The van der Waals surface area contributed by atoms with Crippen molar-refractivity contribution in [3.05, 3.63) is 72.3 Å². The summed E-state index contributed by atoms with van der Waals surface area (Å²) in [5, 5.41) is 8.74. The molecule has 0 bridgehead atoms. The van der Waals surface area contributed by atoms with Crippen LogP contribution in [0.1, 0.15) is 23.2 Å². The molecule has 0 radical (unpaired) electrons. The highest BCUT2D eigenvalue weighted by Gasteiger charge is 2.28. The average Bonchev–Trinajstić information content (AvgIpc) is 3.45. The molecule has 0 atom stereocenters. The molecule has 0 aliphatic carbocycles. The lowest BCUT2D eigenvalue weighted by molar-refractivity contribution is 0.0746. The quantitative estimate of drug-likeness (QED) is 0.562. The zero-order chi connectivity index (χ0) is 23.5. The number of sulfonamides is 1. The van der Waals surface area contributed by atoms with E-state index < -0.39 is 10.0 Å². The van der Waals surface area contributed by atoms with Gasteiger partial charge in [-0.15, -0.1) is 10.2 Å². The van der Waals surface area contributed by atoms with Gasteiger partial charge in [-0.2, -0.15) is 4.31 Å². The van der Waals surface area contributed by atoms with Gasteiger partial charge in [0.2, 0.25) is 10.0 Å². The van der Waals surface area contributed by atoms with Gasteiger partial charge in [0.1, 0.15) is 0 Å². The summed E-state index contributed by atoms with van der Waals surface area (Å²) < 4.78 is 26.9. The Labute approximate surface area is 199 Å². The third-order valence-corrected chi connectivity index (χ3v) is 8.33. The number of piperazine rings is 1. The predicted octanol–water partition coefficient (Wildman–Crippen LogP) is 2.89. The van der Waals surface area contributed by atoms with Crippen molar-refractivity contribution in [1.29, 1.82) is 0 Å². The Morgan fingerprint density at radius 3 is 2.03 bits per heavy atom. The van der Waals surface area contributed by atoms with Crippen LogP contribution in [-0.4, -0.2) is 73.0 Å². The molecule has 0 unspecified atom stereocenters. The zero-order valence-electron chi connectivity index (χ0n) is 18.9. The number of amides is 1. The van der Waals surface area contributed by atoms with E-state index in [1.807, 2.05) is 42.5 Å². The van der Waals surface area contributed by atoms with Crippen molar-refractivity contribution in [1.82, 2.24) is 19.4 Å². The van der Waals surface area contributed by atoms with E-state index in [9.17, 15) is 13.2 Å². The van der Waals surface area contributed by atoms with Gasteiger partial charge in [0, 0.05) is 50.4 Å². The Morgan fingerprint density at radius 2 is 1.41 bits per heavy atom. The minimum Gasteiger partial charge on any atom is -0.352 e. The lowest BCUT2D eigenvalue weighted by Crippen LogP contribution is -2.49. The van der Waals surface area contributed by atoms with Gasteiger partial charge in [-0.05, 0) is 49.2 Å². The number of anilines is 1. The van der Waals surface area contributed by atoms with Crippen LogP contribution in [0.25, 0.3) is 11.3 Å². The summed E-state index contributed by atoms with van der Waals surface area (Å²) in [6.45, 7) is 3.57. The van der Waals surface area contributed by atoms with Crippen molar-refractivity contribution in [2.45, 2.75) is 17.7 Å². The van der Waals surface area contributed by atoms with E-state index in [4.69, 9.17) is 0 Å². The smallest absolute Gasteiger partial charge is 0.253 e. The Morgan fingerprint density at radius 1 is 0.735 bits per heavy atom. The van der Waals surface area contributed by atoms with Gasteiger partial charge < -0.3 is 9.80 Å². The molecule has 5 rings (SSSR count). The first-order chi connectivity index (χ1) is 16.5. The van der Waals surface area contributed by atoms with Crippen LogP contribution < -0.4 is 4.90 Å². The summed E-state index contributed by atoms with van der Waals surface area (Å²) >= 11 is 0. The third-order valence-electron chi connectivity index (χ3n) is 6.41. The number of nitrogens with zero attached hydrogens (tertiary/aromatic N) is 5. The molecule has 2 saturated heterocycles. The summed E-state index contributed by atoms with van der Waals surface area (Å²) in [7, 11) is -3.48. The maximum absolute atomic E-state index is 13.0. The minimum absolute atomic E-state index is 0.0877. The van der Waals surface area contributed by atoms with Crippen LogP contribution in [0.15, 0.2) is 71.6 Å². The number of rotatable bonds is 5. The van der Waals surface area contributed by atoms with Crippen molar-refractivity contribution < 1.29 is 13.2 Å². The first-order valence-corrected chi connectivity index (χ1v) is 13.0. The summed E-state index contributed by atoms with van der Waals surface area (Å²) in [5.74, 6) is 0.707. The molecule has 2 aliphatic heterocycles. The maximum Gasteiger partial charge on any atom is 0.253 e. The van der Waals surface area contributed by atoms with E-state index in [1.165, 1.54) is 4.31 Å². The first kappa shape index (κ1) is 22.5. The first-order valence-electron chi connectivity index (χ1n) is 11.6. The molecule has 0 N–H and O–H groups in total. The van der Waals surface area contributed by atoms with Crippen LogP contribution in [0, 0.1) is 0 Å². The lowest BCUT2D eigenvalue weighted by Gasteiger charge is -2.35. The predicted molar refractivity (Wildman–Crippen MR) is 130 cm³/mol. The highest BCUT2D eigenvalue weighted by atomic mass is 32.2. The van der Waals surface area contributed by atoms with E-state index >= 15 is 0 Å². The van der Waals surface area contributed by atoms with Crippen molar-refractivity contribution in [2.24, 2.45) is 0 Å². The van der Waals surface area contributed by atoms with Crippen LogP contribution in [0.3, 0.4) is 0 Å². The van der Waals surface area contributed by atoms with Gasteiger partial charge in [-0.25, -0.2) is 8.42 Å². The zero-order valence-corrected chi connectivity index (χ0v) is 19.7. The molecule has 3 aromatic rings. The molecular weight excluding hydrogens is 450 g/mol. The molecule has 2 aliphatic rings. The molecule has 0 saturated carbocycles. The molecular formula is C25H27N5O3S. The normalized spacial score (nSPS) is 17.2. The Bertz CT molecular complexity index is 1230. The Kier molecular flexibility index (Phi) is 6.30. The van der Waals surface area contributed by atoms with E-state index in [0.717, 1.165) is 29.9 Å². The van der Waals surface area contributed by atoms with E-state index in [0.29, 0.717) is 44.8 Å². The Hall–Kier alpha value is -3.30. The fourth-order valence-corrected chi connectivity index (χ4v) is 5.94. The van der Waals surface area contributed by atoms with Gasteiger partial charge >= 0.3 is 0 Å². The molecule has 8 nitrogen and oxygen atoms in total. The Balaban J connectivity index is 1.20. The number of hydrogen-bond acceptors (Lipinski definition) is 6. The molecule has 2 aromatic carbocycles. The molecule has 3 heterocycles. The van der Waals surface area contributed by atoms with E-state index in [-0.39, 0.29) is 10.8 Å². The number of benzene rings is 2. The van der Waals surface area contributed by atoms with Crippen molar-refractivity contribution in [2.75, 3.05) is 44.2 Å². The largest absolute Gasteiger partial charge is 0.352 e. The minimum atomic E-state index is -3.48. The fourth-order valence-electron chi connectivity index (χ4n) is 4.43. The van der Waals surface area contributed by atoms with Crippen LogP contribution in [0.2, 0.25) is 0 Å². The molecule has 0 spiro atoms. The average molecular weight is 478 g/mol. The third kappa shape index (κ3) is 4.53. The maximum atomic E-state index is 13.0. The number of carbonyl (C=O) groups excluding carboxylic acids is 1. The summed E-state index contributed by atoms with van der Waals surface area (Å²) in [4.78, 5) is 17.1. The van der Waals surface area contributed by atoms with Gasteiger partial charge in [0.25, 0.3) is 5.91 Å². The van der Waals surface area contributed by atoms with Crippen molar-refractivity contribution in [3.63, 3.8) is 0 Å². The summed E-state index contributed by atoms with van der Waals surface area (Å²) in [5.41, 5.74) is 2.35. The number of hydrogen-bond donors (Lipinski definition) is 0. The summed E-state index contributed by atoms with van der Waals surface area (Å²) in [6, 6.07) is 20.2. The summed E-state index contributed by atoms with van der Waals surface area (Å²) in [6.07, 6.45) is 1.79. The standard InChI is InChI=1S/C25H27N5O3S/c31-25(21-8-10-22(11-9-21)34(32,33)30-14-4-5-15-30)29-18-16-28(17-19-29)24-13-12-23(26-27-24)20-6-2-1-3-7-20/h1-3,6-13H,4-5,14-19H2. The number of carbonyl (C=O) groups is 1. The van der Waals surface area contributed by atoms with Crippen LogP contribution >= 0.6 is 0 Å². The molecule has 1 amide bonds. The lowest BCUT2D eigenvalue weighted by atomic mass is 10.1. The molecule has 176 valence electrons. The van der Waals surface area contributed by atoms with Crippen molar-refractivity contribution in [3.8, 4) is 11.3 Å². The molecule has 2 fully saturated rings.